The van der Waals surface area contributed by atoms with Crippen LogP contribution in [-0.2, 0) is 19.6 Å². The average molecular weight is 326 g/mol. The Morgan fingerprint density at radius 3 is 2.36 bits per heavy atom. The van der Waals surface area contributed by atoms with Gasteiger partial charge in [-0.2, -0.15) is 4.31 Å². The molecule has 22 heavy (non-hydrogen) atoms. The number of rotatable bonds is 6. The summed E-state index contributed by atoms with van der Waals surface area (Å²) in [5.41, 5.74) is 0. The molecule has 1 aliphatic heterocycles. The molecule has 0 aromatic heterocycles. The van der Waals surface area contributed by atoms with Crippen molar-refractivity contribution < 1.29 is 17.9 Å². The molecule has 0 aliphatic carbocycles. The van der Waals surface area contributed by atoms with Crippen molar-refractivity contribution in [3.8, 4) is 0 Å². The van der Waals surface area contributed by atoms with E-state index in [1.165, 1.54) is 4.31 Å². The number of carbonyl (C=O) groups is 1. The van der Waals surface area contributed by atoms with Crippen LogP contribution in [0.4, 0.5) is 0 Å². The number of nitrogens with zero attached hydrogens (tertiary/aromatic N) is 2. The zero-order valence-corrected chi connectivity index (χ0v) is 13.6. The number of hydrogen-bond acceptors (Lipinski definition) is 5. The fraction of sp³-hybridized carbons (Fsp3) is 0.533. The number of sulfonamides is 1. The molecule has 1 saturated heterocycles. The fourth-order valence-corrected chi connectivity index (χ4v) is 3.77. The Hall–Kier alpha value is -1.44. The van der Waals surface area contributed by atoms with E-state index in [4.69, 9.17) is 4.74 Å². The summed E-state index contributed by atoms with van der Waals surface area (Å²) in [6.45, 7) is 4.97. The molecule has 7 heteroatoms. The predicted octanol–water partition coefficient (Wildman–Crippen LogP) is 0.946. The standard InChI is InChI=1S/C15H22N2O4S/c1-2-15(18)21-13-12-16-8-10-17(11-9-16)22(19,20)14-6-4-3-5-7-14/h3-7H,2,8-13H2,1H3. The molecule has 122 valence electrons. The van der Waals surface area contributed by atoms with E-state index in [1.807, 2.05) is 0 Å². The van der Waals surface area contributed by atoms with Gasteiger partial charge in [-0.05, 0) is 12.1 Å². The second-order valence-corrected chi connectivity index (χ2v) is 7.07. The molecule has 6 nitrogen and oxygen atoms in total. The van der Waals surface area contributed by atoms with E-state index in [-0.39, 0.29) is 5.97 Å². The van der Waals surface area contributed by atoms with Gasteiger partial charge >= 0.3 is 5.97 Å². The third kappa shape index (κ3) is 4.28. The van der Waals surface area contributed by atoms with Crippen molar-refractivity contribution in [1.29, 1.82) is 0 Å². The van der Waals surface area contributed by atoms with E-state index in [0.29, 0.717) is 50.6 Å². The number of benzene rings is 1. The Bertz CT molecular complexity index is 581. The Morgan fingerprint density at radius 2 is 1.77 bits per heavy atom. The number of ether oxygens (including phenoxy) is 1. The van der Waals surface area contributed by atoms with Gasteiger partial charge in [-0.1, -0.05) is 25.1 Å². The van der Waals surface area contributed by atoms with Crippen LogP contribution in [0.1, 0.15) is 13.3 Å². The van der Waals surface area contributed by atoms with E-state index in [1.54, 1.807) is 37.3 Å². The third-order valence-electron chi connectivity index (χ3n) is 3.67. The van der Waals surface area contributed by atoms with E-state index in [0.717, 1.165) is 0 Å². The van der Waals surface area contributed by atoms with Gasteiger partial charge < -0.3 is 4.74 Å². The summed E-state index contributed by atoms with van der Waals surface area (Å²) in [6, 6.07) is 8.49. The Morgan fingerprint density at radius 1 is 1.14 bits per heavy atom. The molecule has 0 N–H and O–H groups in total. The molecule has 0 atom stereocenters. The number of carbonyl (C=O) groups excluding carboxylic acids is 1. The van der Waals surface area contributed by atoms with E-state index < -0.39 is 10.0 Å². The van der Waals surface area contributed by atoms with Gasteiger partial charge in [-0.25, -0.2) is 8.42 Å². The van der Waals surface area contributed by atoms with Gasteiger partial charge in [-0.15, -0.1) is 0 Å². The average Bonchev–Trinajstić information content (AvgIpc) is 2.56. The first-order valence-electron chi connectivity index (χ1n) is 7.47. The first kappa shape index (κ1) is 16.9. The van der Waals surface area contributed by atoms with Gasteiger partial charge in [0.15, 0.2) is 0 Å². The Labute approximate surface area is 131 Å². The minimum atomic E-state index is -3.40. The maximum Gasteiger partial charge on any atom is 0.305 e. The number of hydrogen-bond donors (Lipinski definition) is 0. The van der Waals surface area contributed by atoms with Crippen LogP contribution in [0.15, 0.2) is 35.2 Å². The lowest BCUT2D eigenvalue weighted by molar-refractivity contribution is -0.143. The molecule has 0 radical (unpaired) electrons. The summed E-state index contributed by atoms with van der Waals surface area (Å²) in [5, 5.41) is 0. The molecular weight excluding hydrogens is 304 g/mol. The molecule has 0 unspecified atom stereocenters. The maximum atomic E-state index is 12.5. The van der Waals surface area contributed by atoms with Gasteiger partial charge in [0.1, 0.15) is 6.61 Å². The lowest BCUT2D eigenvalue weighted by atomic mass is 10.3. The number of piperazine rings is 1. The van der Waals surface area contributed by atoms with E-state index >= 15 is 0 Å². The highest BCUT2D eigenvalue weighted by Crippen LogP contribution is 2.16. The summed E-state index contributed by atoms with van der Waals surface area (Å²) >= 11 is 0. The molecule has 0 amide bonds. The largest absolute Gasteiger partial charge is 0.464 e. The van der Waals surface area contributed by atoms with Crippen molar-refractivity contribution in [2.24, 2.45) is 0 Å². The van der Waals surface area contributed by atoms with Crippen molar-refractivity contribution in [1.82, 2.24) is 9.21 Å². The first-order chi connectivity index (χ1) is 10.5. The minimum Gasteiger partial charge on any atom is -0.464 e. The SMILES string of the molecule is CCC(=O)OCCN1CCN(S(=O)(=O)c2ccccc2)CC1. The van der Waals surface area contributed by atoms with Crippen LogP contribution in [0, 0.1) is 0 Å². The molecule has 2 rings (SSSR count). The molecule has 0 bridgehead atoms. The van der Waals surface area contributed by atoms with Gasteiger partial charge in [0, 0.05) is 39.1 Å². The predicted molar refractivity (Wildman–Crippen MR) is 82.9 cm³/mol. The van der Waals surface area contributed by atoms with Crippen LogP contribution in [0.25, 0.3) is 0 Å². The Balaban J connectivity index is 1.83. The second kappa shape index (κ2) is 7.71. The van der Waals surface area contributed by atoms with Crippen molar-refractivity contribution in [2.75, 3.05) is 39.3 Å². The molecule has 1 aromatic rings. The summed E-state index contributed by atoms with van der Waals surface area (Å²) < 4.78 is 31.5. The van der Waals surface area contributed by atoms with Gasteiger partial charge in [0.2, 0.25) is 10.0 Å². The third-order valence-corrected chi connectivity index (χ3v) is 5.58. The second-order valence-electron chi connectivity index (χ2n) is 5.13. The molecule has 0 saturated carbocycles. The van der Waals surface area contributed by atoms with Crippen LogP contribution in [0.3, 0.4) is 0 Å². The highest BCUT2D eigenvalue weighted by atomic mass is 32.2. The zero-order chi connectivity index (χ0) is 16.0. The smallest absolute Gasteiger partial charge is 0.305 e. The number of esters is 1. The molecule has 1 fully saturated rings. The van der Waals surface area contributed by atoms with Gasteiger partial charge in [-0.3, -0.25) is 9.69 Å². The summed E-state index contributed by atoms with van der Waals surface area (Å²) in [4.78, 5) is 13.5. The molecule has 1 heterocycles. The van der Waals surface area contributed by atoms with Crippen LogP contribution in [0.5, 0.6) is 0 Å². The van der Waals surface area contributed by atoms with E-state index in [9.17, 15) is 13.2 Å². The van der Waals surface area contributed by atoms with Crippen molar-refractivity contribution in [3.05, 3.63) is 30.3 Å². The topological polar surface area (TPSA) is 66.9 Å². The lowest BCUT2D eigenvalue weighted by Crippen LogP contribution is -2.49. The van der Waals surface area contributed by atoms with Crippen LogP contribution < -0.4 is 0 Å². The fourth-order valence-electron chi connectivity index (χ4n) is 2.33. The highest BCUT2D eigenvalue weighted by molar-refractivity contribution is 7.89. The van der Waals surface area contributed by atoms with Gasteiger partial charge in [0.05, 0.1) is 4.90 Å². The highest BCUT2D eigenvalue weighted by Gasteiger charge is 2.28. The van der Waals surface area contributed by atoms with E-state index in [2.05, 4.69) is 4.90 Å². The molecule has 1 aliphatic rings. The first-order valence-corrected chi connectivity index (χ1v) is 8.91. The molecule has 0 spiro atoms. The van der Waals surface area contributed by atoms with Crippen LogP contribution in [-0.4, -0.2) is 62.9 Å². The summed E-state index contributed by atoms with van der Waals surface area (Å²) in [7, 11) is -3.40. The minimum absolute atomic E-state index is 0.203. The van der Waals surface area contributed by atoms with Gasteiger partial charge in [0.25, 0.3) is 0 Å². The summed E-state index contributed by atoms with van der Waals surface area (Å²) in [5.74, 6) is -0.203. The molecule has 1 aromatic carbocycles. The normalized spacial score (nSPS) is 17.3. The van der Waals surface area contributed by atoms with Crippen molar-refractivity contribution >= 4 is 16.0 Å². The maximum absolute atomic E-state index is 12.5. The zero-order valence-electron chi connectivity index (χ0n) is 12.8. The quantitative estimate of drug-likeness (QED) is 0.728. The Kier molecular flexibility index (Phi) is 5.93. The van der Waals surface area contributed by atoms with Crippen LogP contribution >= 0.6 is 0 Å². The monoisotopic (exact) mass is 326 g/mol. The van der Waals surface area contributed by atoms with Crippen molar-refractivity contribution in [2.45, 2.75) is 18.2 Å². The lowest BCUT2D eigenvalue weighted by Gasteiger charge is -2.33. The van der Waals surface area contributed by atoms with Crippen LogP contribution in [0.2, 0.25) is 0 Å². The summed E-state index contributed by atoms with van der Waals surface area (Å²) in [6.07, 6.45) is 0.378. The molecular formula is C15H22N2O4S. The van der Waals surface area contributed by atoms with Crippen molar-refractivity contribution in [3.63, 3.8) is 0 Å².